The Labute approximate surface area is 149 Å². The molecule has 2 N–H and O–H groups in total. The van der Waals surface area contributed by atoms with Gasteiger partial charge in [0.15, 0.2) is 0 Å². The van der Waals surface area contributed by atoms with E-state index in [1.54, 1.807) is 20.8 Å². The number of carbonyl (C=O) groups is 3. The molecule has 0 bridgehead atoms. The number of carboxylic acid groups (broad SMARTS) is 1. The Kier molecular flexibility index (Phi) is 4.60. The van der Waals surface area contributed by atoms with Crippen molar-refractivity contribution in [1.29, 1.82) is 0 Å². The average molecular weight is 381 g/mol. The minimum Gasteiger partial charge on any atom is -0.480 e. The molecule has 6 nitrogen and oxygen atoms in total. The van der Waals surface area contributed by atoms with Crippen LogP contribution in [-0.2, 0) is 14.4 Å². The van der Waals surface area contributed by atoms with Gasteiger partial charge in [0.25, 0.3) is 0 Å². The summed E-state index contributed by atoms with van der Waals surface area (Å²) in [5, 5.41) is 7.37. The average Bonchev–Trinajstić information content (AvgIpc) is 2.82. The molecule has 0 radical (unpaired) electrons. The van der Waals surface area contributed by atoms with E-state index >= 15 is 0 Å². The summed E-state index contributed by atoms with van der Waals surface area (Å²) < 4.78 is 26.0. The minimum absolute atomic E-state index is 0.0448. The zero-order valence-electron chi connectivity index (χ0n) is 14.8. The number of amides is 2. The summed E-state index contributed by atoms with van der Waals surface area (Å²) in [4.78, 5) is 37.3. The molecule has 4 atom stereocenters. The monoisotopic (exact) mass is 380 g/mol. The fourth-order valence-electron chi connectivity index (χ4n) is 3.82. The number of nitrogens with one attached hydrogen (secondary N) is 1. The standard InChI is InChI=1S/C16H23ClF2N2O4/c1-14(2,3)10(20-13(25)16(17,18)19)11(22)21-6-7-8(15(7,4)5)9(21)12(23)24/h7-10H,6H2,1-5H3,(H,20,25)(H,23,24)/t7-,8-,9-,10+/m0/s1. The lowest BCUT2D eigenvalue weighted by molar-refractivity contribution is -0.153. The number of carboxylic acids is 1. The van der Waals surface area contributed by atoms with E-state index in [0.717, 1.165) is 0 Å². The van der Waals surface area contributed by atoms with Crippen LogP contribution in [0.15, 0.2) is 0 Å². The zero-order valence-corrected chi connectivity index (χ0v) is 15.5. The van der Waals surface area contributed by atoms with Gasteiger partial charge in [0.1, 0.15) is 12.1 Å². The summed E-state index contributed by atoms with van der Waals surface area (Å²) in [6.45, 7) is 8.90. The highest BCUT2D eigenvalue weighted by molar-refractivity contribution is 6.32. The molecule has 1 aliphatic carbocycles. The lowest BCUT2D eigenvalue weighted by atomic mass is 9.85. The second-order valence-electron chi connectivity index (χ2n) is 8.50. The Bertz CT molecular complexity index is 612. The minimum atomic E-state index is -4.15. The molecule has 1 saturated heterocycles. The Morgan fingerprint density at radius 2 is 1.80 bits per heavy atom. The molecule has 2 amide bonds. The zero-order chi connectivity index (χ0) is 19.5. The maximum absolute atomic E-state index is 13.0. The molecule has 0 spiro atoms. The first-order valence-electron chi connectivity index (χ1n) is 8.01. The van der Waals surface area contributed by atoms with Crippen molar-refractivity contribution in [3.63, 3.8) is 0 Å². The van der Waals surface area contributed by atoms with Gasteiger partial charge in [0, 0.05) is 12.5 Å². The summed E-state index contributed by atoms with van der Waals surface area (Å²) in [6.07, 6.45) is 0. The van der Waals surface area contributed by atoms with Gasteiger partial charge < -0.3 is 15.3 Å². The van der Waals surface area contributed by atoms with E-state index in [4.69, 9.17) is 11.6 Å². The van der Waals surface area contributed by atoms with Crippen molar-refractivity contribution >= 4 is 29.4 Å². The predicted molar refractivity (Wildman–Crippen MR) is 86.1 cm³/mol. The lowest BCUT2D eigenvalue weighted by Gasteiger charge is -2.37. The molecule has 1 heterocycles. The molecule has 2 rings (SSSR count). The quantitative estimate of drug-likeness (QED) is 0.729. The number of halogens is 3. The highest BCUT2D eigenvalue weighted by atomic mass is 35.5. The van der Waals surface area contributed by atoms with Gasteiger partial charge in [-0.25, -0.2) is 4.79 Å². The molecule has 2 fully saturated rings. The number of alkyl halides is 3. The third-order valence-electron chi connectivity index (χ3n) is 5.39. The fourth-order valence-corrected chi connectivity index (χ4v) is 3.88. The van der Waals surface area contributed by atoms with Crippen LogP contribution in [-0.4, -0.2) is 51.8 Å². The molecule has 0 aromatic rings. The molecule has 2 aliphatic rings. The summed E-state index contributed by atoms with van der Waals surface area (Å²) in [6, 6.07) is -2.34. The summed E-state index contributed by atoms with van der Waals surface area (Å²) in [5.74, 6) is -3.73. The van der Waals surface area contributed by atoms with Crippen molar-refractivity contribution in [2.75, 3.05) is 6.54 Å². The van der Waals surface area contributed by atoms with Gasteiger partial charge in [-0.15, -0.1) is 0 Å². The smallest absolute Gasteiger partial charge is 0.399 e. The number of hydrogen-bond donors (Lipinski definition) is 2. The first kappa shape index (κ1) is 19.9. The molecular formula is C16H23ClF2N2O4. The Hall–Kier alpha value is -1.44. The highest BCUT2D eigenvalue weighted by Gasteiger charge is 2.70. The van der Waals surface area contributed by atoms with Crippen LogP contribution in [0.25, 0.3) is 0 Å². The van der Waals surface area contributed by atoms with E-state index in [9.17, 15) is 28.3 Å². The number of hydrogen-bond acceptors (Lipinski definition) is 3. The number of nitrogens with zero attached hydrogens (tertiary/aromatic N) is 1. The van der Waals surface area contributed by atoms with Crippen LogP contribution in [0.3, 0.4) is 0 Å². The van der Waals surface area contributed by atoms with Crippen molar-refractivity contribution < 1.29 is 28.3 Å². The summed E-state index contributed by atoms with van der Waals surface area (Å²) in [7, 11) is 0. The van der Waals surface area contributed by atoms with Gasteiger partial charge in [-0.05, 0) is 28.3 Å². The van der Waals surface area contributed by atoms with Crippen molar-refractivity contribution in [3.8, 4) is 0 Å². The number of fused-ring (bicyclic) bond motifs is 1. The molecule has 0 aromatic heterocycles. The lowest BCUT2D eigenvalue weighted by Crippen LogP contribution is -2.59. The van der Waals surface area contributed by atoms with Crippen molar-refractivity contribution in [1.82, 2.24) is 10.2 Å². The topological polar surface area (TPSA) is 86.7 Å². The van der Waals surface area contributed by atoms with Crippen LogP contribution in [0.2, 0.25) is 0 Å². The van der Waals surface area contributed by atoms with Crippen LogP contribution in [0.4, 0.5) is 8.78 Å². The Morgan fingerprint density at radius 3 is 2.20 bits per heavy atom. The van der Waals surface area contributed by atoms with E-state index in [-0.39, 0.29) is 23.8 Å². The molecule has 25 heavy (non-hydrogen) atoms. The predicted octanol–water partition coefficient (Wildman–Crippen LogP) is 1.92. The van der Waals surface area contributed by atoms with E-state index in [1.807, 2.05) is 19.2 Å². The van der Waals surface area contributed by atoms with Crippen LogP contribution < -0.4 is 5.32 Å². The van der Waals surface area contributed by atoms with Gasteiger partial charge >= 0.3 is 17.3 Å². The molecule has 0 aromatic carbocycles. The maximum atomic E-state index is 13.0. The van der Waals surface area contributed by atoms with E-state index in [0.29, 0.717) is 0 Å². The highest BCUT2D eigenvalue weighted by Crippen LogP contribution is 2.65. The Morgan fingerprint density at radius 1 is 1.28 bits per heavy atom. The van der Waals surface area contributed by atoms with E-state index in [1.165, 1.54) is 4.90 Å². The molecule has 0 unspecified atom stereocenters. The van der Waals surface area contributed by atoms with Gasteiger partial charge in [-0.3, -0.25) is 9.59 Å². The van der Waals surface area contributed by atoms with Crippen molar-refractivity contribution in [2.45, 2.75) is 52.1 Å². The molecule has 1 aliphatic heterocycles. The molecular weight excluding hydrogens is 358 g/mol. The van der Waals surface area contributed by atoms with E-state index in [2.05, 4.69) is 0 Å². The number of rotatable bonds is 4. The van der Waals surface area contributed by atoms with Crippen LogP contribution in [0.5, 0.6) is 0 Å². The first-order valence-corrected chi connectivity index (χ1v) is 8.39. The maximum Gasteiger partial charge on any atom is 0.399 e. The summed E-state index contributed by atoms with van der Waals surface area (Å²) in [5.41, 5.74) is -1.08. The normalized spacial score (nSPS) is 29.0. The second kappa shape index (κ2) is 5.79. The van der Waals surface area contributed by atoms with Gasteiger partial charge in [-0.2, -0.15) is 8.78 Å². The summed E-state index contributed by atoms with van der Waals surface area (Å²) >= 11 is 4.72. The molecule has 9 heteroatoms. The molecule has 142 valence electrons. The first-order chi connectivity index (χ1) is 11.1. The number of aliphatic carboxylic acids is 1. The van der Waals surface area contributed by atoms with Gasteiger partial charge in [0.05, 0.1) is 0 Å². The fraction of sp³-hybridized carbons (Fsp3) is 0.812. The third-order valence-corrected chi connectivity index (χ3v) is 5.56. The van der Waals surface area contributed by atoms with Crippen LogP contribution in [0, 0.1) is 22.7 Å². The second-order valence-corrected chi connectivity index (χ2v) is 8.97. The van der Waals surface area contributed by atoms with Crippen LogP contribution in [0.1, 0.15) is 34.6 Å². The molecule has 1 saturated carbocycles. The SMILES string of the molecule is CC(C)(C)[C@H](NC(=O)C(F)(F)Cl)C(=O)N1C[C@H]2[C@@H]([C@H]1C(=O)O)C2(C)C. The van der Waals surface area contributed by atoms with Crippen molar-refractivity contribution in [3.05, 3.63) is 0 Å². The number of piperidine rings is 1. The Balaban J connectivity index is 2.26. The van der Waals surface area contributed by atoms with Gasteiger partial charge in [-0.1, -0.05) is 34.6 Å². The number of likely N-dealkylation sites (tertiary alicyclic amines) is 1. The van der Waals surface area contributed by atoms with E-state index < -0.39 is 40.7 Å². The third kappa shape index (κ3) is 3.45. The van der Waals surface area contributed by atoms with Gasteiger partial charge in [0.2, 0.25) is 5.91 Å². The number of carbonyl (C=O) groups excluding carboxylic acids is 2. The largest absolute Gasteiger partial charge is 0.480 e. The van der Waals surface area contributed by atoms with Crippen LogP contribution >= 0.6 is 11.6 Å². The van der Waals surface area contributed by atoms with Crippen molar-refractivity contribution in [2.24, 2.45) is 22.7 Å².